The Morgan fingerprint density at radius 2 is 1.76 bits per heavy atom. The molecule has 0 aromatic carbocycles. The smallest absolute Gasteiger partial charge is 0.368 e. The molecule has 0 saturated carbocycles. The van der Waals surface area contributed by atoms with E-state index in [0.717, 1.165) is 0 Å². The number of hydrogen-bond acceptors (Lipinski definition) is 5. The summed E-state index contributed by atoms with van der Waals surface area (Å²) in [6.45, 7) is 0. The number of hydrogen-bond donors (Lipinski definition) is 5. The van der Waals surface area contributed by atoms with Gasteiger partial charge in [0.15, 0.2) is 0 Å². The predicted octanol–water partition coefficient (Wildman–Crippen LogP) is -0.0673. The molecule has 21 heavy (non-hydrogen) atoms. The van der Waals surface area contributed by atoms with E-state index in [-0.39, 0.29) is 12.6 Å². The molecular weight excluding hydrogens is 322 g/mol. The van der Waals surface area contributed by atoms with E-state index in [2.05, 4.69) is 4.99 Å². The fourth-order valence-electron chi connectivity index (χ4n) is 2.22. The summed E-state index contributed by atoms with van der Waals surface area (Å²) < 4.78 is 22.5. The Balaban J connectivity index is 2.13. The van der Waals surface area contributed by atoms with Crippen LogP contribution in [-0.4, -0.2) is 53.1 Å². The van der Waals surface area contributed by atoms with E-state index < -0.39 is 32.7 Å². The molecule has 11 heteroatoms. The molecule has 2 atom stereocenters. The Kier molecular flexibility index (Phi) is 4.30. The van der Waals surface area contributed by atoms with Crippen LogP contribution in [0, 0.1) is 0 Å². The Hall–Kier alpha value is -0.790. The van der Waals surface area contributed by atoms with E-state index in [1.807, 2.05) is 0 Å². The van der Waals surface area contributed by atoms with Crippen LogP contribution in [0.3, 0.4) is 0 Å². The van der Waals surface area contributed by atoms with Crippen molar-refractivity contribution in [2.45, 2.75) is 30.1 Å². The minimum Gasteiger partial charge on any atom is -0.368 e. The molecule has 2 heterocycles. The van der Waals surface area contributed by atoms with Gasteiger partial charge in [0.05, 0.1) is 6.04 Å². The average molecular weight is 338 g/mol. The lowest BCUT2D eigenvalue weighted by Crippen LogP contribution is -2.36. The van der Waals surface area contributed by atoms with Crippen LogP contribution in [0.4, 0.5) is 0 Å². The molecule has 0 aromatic heterocycles. The molecule has 0 bridgehead atoms. The van der Waals surface area contributed by atoms with Crippen LogP contribution in [0.2, 0.25) is 0 Å². The van der Waals surface area contributed by atoms with Crippen molar-refractivity contribution in [3.8, 4) is 0 Å². The van der Waals surface area contributed by atoms with Gasteiger partial charge >= 0.3 is 15.2 Å². The number of nitrogens with zero attached hydrogens (tertiary/aromatic N) is 2. The van der Waals surface area contributed by atoms with E-state index in [4.69, 9.17) is 19.6 Å². The third-order valence-electron chi connectivity index (χ3n) is 3.46. The quantitative estimate of drug-likeness (QED) is 0.437. The van der Waals surface area contributed by atoms with Gasteiger partial charge in [-0.3, -0.25) is 14.1 Å². The van der Waals surface area contributed by atoms with Crippen molar-refractivity contribution >= 4 is 21.4 Å². The van der Waals surface area contributed by atoms with Gasteiger partial charge in [-0.05, 0) is 18.6 Å². The molecule has 0 fully saturated rings. The maximum absolute atomic E-state index is 11.3. The lowest BCUT2D eigenvalue weighted by molar-refractivity contribution is 0.116. The SMILES string of the molecule is O=P(O)(O)C(O)(CCC1C=NC2C=CC=CN12)P(=O)(O)O. The van der Waals surface area contributed by atoms with E-state index in [1.54, 1.807) is 29.3 Å². The first-order chi connectivity index (χ1) is 9.56. The fraction of sp³-hybridized carbons (Fsp3) is 0.500. The van der Waals surface area contributed by atoms with E-state index in [1.165, 1.54) is 6.21 Å². The molecule has 0 aromatic rings. The Morgan fingerprint density at radius 1 is 1.14 bits per heavy atom. The Morgan fingerprint density at radius 3 is 2.33 bits per heavy atom. The van der Waals surface area contributed by atoms with Crippen LogP contribution >= 0.6 is 15.2 Å². The third-order valence-corrected chi connectivity index (χ3v) is 7.34. The molecule has 2 aliphatic heterocycles. The second-order valence-electron chi connectivity index (χ2n) is 4.85. The van der Waals surface area contributed by atoms with E-state index in [9.17, 15) is 14.2 Å². The highest BCUT2D eigenvalue weighted by Crippen LogP contribution is 2.69. The predicted molar refractivity (Wildman–Crippen MR) is 74.5 cm³/mol. The maximum Gasteiger partial charge on any atom is 0.369 e. The molecule has 2 unspecified atom stereocenters. The normalized spacial score (nSPS) is 25.5. The van der Waals surface area contributed by atoms with Crippen LogP contribution in [0.15, 0.2) is 29.4 Å². The molecule has 9 nitrogen and oxygen atoms in total. The highest BCUT2D eigenvalue weighted by molar-refractivity contribution is 7.72. The van der Waals surface area contributed by atoms with Gasteiger partial charge in [-0.25, -0.2) is 0 Å². The van der Waals surface area contributed by atoms with Crippen molar-refractivity contribution < 1.29 is 33.8 Å². The van der Waals surface area contributed by atoms with Gasteiger partial charge in [-0.2, -0.15) is 0 Å². The van der Waals surface area contributed by atoms with Crippen molar-refractivity contribution in [2.24, 2.45) is 4.99 Å². The molecule has 0 amide bonds. The second kappa shape index (κ2) is 5.44. The van der Waals surface area contributed by atoms with Crippen molar-refractivity contribution in [3.63, 3.8) is 0 Å². The minimum absolute atomic E-state index is 0.0646. The van der Waals surface area contributed by atoms with Crippen LogP contribution in [-0.2, 0) is 9.13 Å². The van der Waals surface area contributed by atoms with Gasteiger partial charge in [0.2, 0.25) is 0 Å². The van der Waals surface area contributed by atoms with E-state index in [0.29, 0.717) is 0 Å². The van der Waals surface area contributed by atoms with Gasteiger partial charge in [0.1, 0.15) is 6.17 Å². The monoisotopic (exact) mass is 338 g/mol. The van der Waals surface area contributed by atoms with Crippen LogP contribution in [0.1, 0.15) is 12.8 Å². The van der Waals surface area contributed by atoms with Crippen LogP contribution in [0.5, 0.6) is 0 Å². The van der Waals surface area contributed by atoms with Gasteiger partial charge in [0.25, 0.3) is 5.08 Å². The third kappa shape index (κ3) is 3.05. The van der Waals surface area contributed by atoms with E-state index >= 15 is 0 Å². The minimum atomic E-state index is -5.41. The van der Waals surface area contributed by atoms with Crippen molar-refractivity contribution in [1.29, 1.82) is 0 Å². The summed E-state index contributed by atoms with van der Waals surface area (Å²) in [5, 5.41) is 6.45. The van der Waals surface area contributed by atoms with Crippen LogP contribution < -0.4 is 0 Å². The van der Waals surface area contributed by atoms with Crippen molar-refractivity contribution in [1.82, 2.24) is 4.90 Å². The summed E-state index contributed by atoms with van der Waals surface area (Å²) in [7, 11) is -10.8. The standard InChI is InChI=1S/C10H16N2O7P2/c13-10(20(14,15)16,21(17,18)19)5-4-8-7-11-9-3-1-2-6-12(8)9/h1-3,6-9,13H,4-5H2,(H2,14,15,16)(H2,17,18,19). The summed E-state index contributed by atoms with van der Waals surface area (Å²) >= 11 is 0. The van der Waals surface area contributed by atoms with Gasteiger partial charge in [-0.15, -0.1) is 0 Å². The Bertz CT molecular complexity index is 568. The fourth-order valence-corrected chi connectivity index (χ4v) is 4.42. The summed E-state index contributed by atoms with van der Waals surface area (Å²) in [5.74, 6) is 0. The summed E-state index contributed by atoms with van der Waals surface area (Å²) in [5.41, 5.74) is 0. The second-order valence-corrected chi connectivity index (χ2v) is 8.86. The molecule has 118 valence electrons. The number of allylic oxidation sites excluding steroid dienone is 2. The van der Waals surface area contributed by atoms with Gasteiger partial charge < -0.3 is 29.6 Å². The summed E-state index contributed by atoms with van der Waals surface area (Å²) in [4.78, 5) is 42.2. The topological polar surface area (TPSA) is 151 Å². The Labute approximate surface area is 120 Å². The largest absolute Gasteiger partial charge is 0.369 e. The number of fused-ring (bicyclic) bond motifs is 1. The van der Waals surface area contributed by atoms with Crippen molar-refractivity contribution in [2.75, 3.05) is 0 Å². The first-order valence-corrected chi connectivity index (χ1v) is 9.28. The first-order valence-electron chi connectivity index (χ1n) is 6.06. The van der Waals surface area contributed by atoms with Gasteiger partial charge in [0, 0.05) is 18.8 Å². The number of rotatable bonds is 5. The molecule has 0 saturated heterocycles. The van der Waals surface area contributed by atoms with Gasteiger partial charge in [-0.1, -0.05) is 6.08 Å². The molecule has 0 aliphatic carbocycles. The lowest BCUT2D eigenvalue weighted by atomic mass is 10.1. The molecule has 0 spiro atoms. The molecule has 5 N–H and O–H groups in total. The molecule has 2 rings (SSSR count). The summed E-state index contributed by atoms with van der Waals surface area (Å²) in [6, 6.07) is -0.402. The first kappa shape index (κ1) is 16.6. The average Bonchev–Trinajstić information content (AvgIpc) is 2.76. The highest BCUT2D eigenvalue weighted by atomic mass is 31.2. The zero-order valence-corrected chi connectivity index (χ0v) is 12.6. The molecular formula is C10H16N2O7P2. The van der Waals surface area contributed by atoms with Crippen molar-refractivity contribution in [3.05, 3.63) is 24.4 Å². The molecule has 2 aliphatic rings. The zero-order chi connectivity index (χ0) is 15.9. The zero-order valence-electron chi connectivity index (χ0n) is 10.8. The summed E-state index contributed by atoms with van der Waals surface area (Å²) in [6.07, 6.45) is 7.54. The van der Waals surface area contributed by atoms with Crippen LogP contribution in [0.25, 0.3) is 0 Å². The molecule has 0 radical (unpaired) electrons. The highest BCUT2D eigenvalue weighted by Gasteiger charge is 2.59. The lowest BCUT2D eigenvalue weighted by Gasteiger charge is -2.32. The number of aliphatic hydroxyl groups is 1. The maximum atomic E-state index is 11.3. The number of aliphatic imine (C=N–C) groups is 1.